The Labute approximate surface area is 177 Å². The summed E-state index contributed by atoms with van der Waals surface area (Å²) >= 11 is 0. The molecule has 2 atom stereocenters. The summed E-state index contributed by atoms with van der Waals surface area (Å²) in [6, 6.07) is 0. The molecule has 1 saturated carbocycles. The number of hydrogen-bond acceptors (Lipinski definition) is 4. The van der Waals surface area contributed by atoms with Gasteiger partial charge >= 0.3 is 0 Å². The van der Waals surface area contributed by atoms with Crippen LogP contribution in [0.4, 0.5) is 0 Å². The summed E-state index contributed by atoms with van der Waals surface area (Å²) in [6.07, 6.45) is 5.23. The van der Waals surface area contributed by atoms with Crippen molar-refractivity contribution < 1.29 is 19.8 Å². The maximum absolute atomic E-state index is 13.5. The molecule has 0 saturated heterocycles. The zero-order chi connectivity index (χ0) is 22.5. The lowest BCUT2D eigenvalue weighted by Gasteiger charge is -2.40. The van der Waals surface area contributed by atoms with Crippen LogP contribution < -0.4 is 5.73 Å². The van der Waals surface area contributed by atoms with Crippen LogP contribution in [0.1, 0.15) is 92.9 Å². The molecule has 170 valence electrons. The Morgan fingerprint density at radius 1 is 0.931 bits per heavy atom. The lowest BCUT2D eigenvalue weighted by Crippen LogP contribution is -2.57. The van der Waals surface area contributed by atoms with E-state index in [4.69, 9.17) is 5.73 Å². The molecule has 0 spiro atoms. The second kappa shape index (κ2) is 10.3. The first-order valence-corrected chi connectivity index (χ1v) is 11.2. The molecule has 1 aliphatic rings. The molecule has 6 heteroatoms. The van der Waals surface area contributed by atoms with Crippen LogP contribution in [-0.2, 0) is 9.59 Å². The van der Waals surface area contributed by atoms with Gasteiger partial charge in [-0.25, -0.2) is 0 Å². The van der Waals surface area contributed by atoms with Gasteiger partial charge in [-0.15, -0.1) is 0 Å². The lowest BCUT2D eigenvalue weighted by atomic mass is 9.82. The second-order valence-corrected chi connectivity index (χ2v) is 10.7. The molecule has 0 unspecified atom stereocenters. The molecule has 1 aliphatic carbocycles. The molecule has 4 N–H and O–H groups in total. The third kappa shape index (κ3) is 7.89. The SMILES string of the molecule is CC(C)CC[C@@](C)(O)CN(C[C@](C)(O)CCC(C)C)C(=O)C1(C(N)=O)CCCC1. The maximum Gasteiger partial charge on any atom is 0.238 e. The van der Waals surface area contributed by atoms with Crippen molar-refractivity contribution >= 4 is 11.8 Å². The third-order valence-corrected chi connectivity index (χ3v) is 6.21. The van der Waals surface area contributed by atoms with Crippen molar-refractivity contribution in [2.45, 2.75) is 104 Å². The summed E-state index contributed by atoms with van der Waals surface area (Å²) in [5, 5.41) is 21.9. The highest BCUT2D eigenvalue weighted by Crippen LogP contribution is 2.40. The molecule has 0 aromatic carbocycles. The predicted molar refractivity (Wildman–Crippen MR) is 116 cm³/mol. The van der Waals surface area contributed by atoms with Crippen molar-refractivity contribution in [2.24, 2.45) is 23.0 Å². The highest BCUT2D eigenvalue weighted by atomic mass is 16.3. The van der Waals surface area contributed by atoms with Crippen LogP contribution in [0, 0.1) is 17.3 Å². The summed E-state index contributed by atoms with van der Waals surface area (Å²) in [6.45, 7) is 12.0. The van der Waals surface area contributed by atoms with Crippen LogP contribution >= 0.6 is 0 Å². The Hall–Kier alpha value is -1.14. The first kappa shape index (κ1) is 25.9. The third-order valence-electron chi connectivity index (χ3n) is 6.21. The Morgan fingerprint density at radius 3 is 1.62 bits per heavy atom. The first-order valence-electron chi connectivity index (χ1n) is 11.2. The summed E-state index contributed by atoms with van der Waals surface area (Å²) < 4.78 is 0. The highest BCUT2D eigenvalue weighted by Gasteiger charge is 2.50. The van der Waals surface area contributed by atoms with Crippen molar-refractivity contribution in [2.75, 3.05) is 13.1 Å². The van der Waals surface area contributed by atoms with Gasteiger partial charge in [0.1, 0.15) is 5.41 Å². The summed E-state index contributed by atoms with van der Waals surface area (Å²) in [5.74, 6) is -0.0519. The highest BCUT2D eigenvalue weighted by molar-refractivity contribution is 6.04. The van der Waals surface area contributed by atoms with Crippen LogP contribution in [0.3, 0.4) is 0 Å². The van der Waals surface area contributed by atoms with Crippen LogP contribution in [0.2, 0.25) is 0 Å². The van der Waals surface area contributed by atoms with Crippen LogP contribution in [0.25, 0.3) is 0 Å². The van der Waals surface area contributed by atoms with E-state index >= 15 is 0 Å². The van der Waals surface area contributed by atoms with Crippen molar-refractivity contribution in [3.63, 3.8) is 0 Å². The Morgan fingerprint density at radius 2 is 1.31 bits per heavy atom. The molecule has 2 amide bonds. The molecule has 1 fully saturated rings. The number of aliphatic hydroxyl groups is 2. The minimum atomic E-state index is -1.21. The van der Waals surface area contributed by atoms with Crippen molar-refractivity contribution in [1.29, 1.82) is 0 Å². The number of hydrogen-bond donors (Lipinski definition) is 3. The fourth-order valence-corrected chi connectivity index (χ4v) is 4.23. The van der Waals surface area contributed by atoms with Crippen LogP contribution in [-0.4, -0.2) is 51.2 Å². The van der Waals surface area contributed by atoms with Gasteiger partial charge in [0.05, 0.1) is 11.2 Å². The molecule has 0 aliphatic heterocycles. The van der Waals surface area contributed by atoms with E-state index in [1.54, 1.807) is 13.8 Å². The largest absolute Gasteiger partial charge is 0.388 e. The van der Waals surface area contributed by atoms with E-state index in [1.165, 1.54) is 4.90 Å². The fraction of sp³-hybridized carbons (Fsp3) is 0.913. The fourth-order valence-electron chi connectivity index (χ4n) is 4.23. The van der Waals surface area contributed by atoms with E-state index in [9.17, 15) is 19.8 Å². The van der Waals surface area contributed by atoms with Gasteiger partial charge in [0, 0.05) is 13.1 Å². The van der Waals surface area contributed by atoms with E-state index in [-0.39, 0.29) is 19.0 Å². The average molecular weight is 413 g/mol. The van der Waals surface area contributed by atoms with Gasteiger partial charge in [-0.3, -0.25) is 9.59 Å². The Balaban J connectivity index is 3.10. The first-order chi connectivity index (χ1) is 13.2. The normalized spacial score (nSPS) is 20.5. The molecular weight excluding hydrogens is 368 g/mol. The smallest absolute Gasteiger partial charge is 0.238 e. The molecular formula is C23H44N2O4. The van der Waals surface area contributed by atoms with Gasteiger partial charge in [0.25, 0.3) is 0 Å². The zero-order valence-electron chi connectivity index (χ0n) is 19.5. The number of amides is 2. The molecule has 0 heterocycles. The average Bonchev–Trinajstić information content (AvgIpc) is 3.08. The van der Waals surface area contributed by atoms with Crippen LogP contribution in [0.5, 0.6) is 0 Å². The Bertz CT molecular complexity index is 523. The van der Waals surface area contributed by atoms with Gasteiger partial charge in [-0.2, -0.15) is 0 Å². The molecule has 0 radical (unpaired) electrons. The second-order valence-electron chi connectivity index (χ2n) is 10.7. The van der Waals surface area contributed by atoms with E-state index in [0.29, 0.717) is 37.5 Å². The lowest BCUT2D eigenvalue weighted by molar-refractivity contribution is -0.155. The summed E-state index contributed by atoms with van der Waals surface area (Å²) in [7, 11) is 0. The van der Waals surface area contributed by atoms with Gasteiger partial charge in [-0.1, -0.05) is 40.5 Å². The van der Waals surface area contributed by atoms with E-state index in [1.807, 2.05) is 0 Å². The standard InChI is InChI=1S/C23H44N2O4/c1-17(2)9-13-21(5,28)15-25(16-22(6,29)14-10-18(3)4)20(27)23(19(24)26)11-7-8-12-23/h17-18,28-29H,7-16H2,1-6H3,(H2,24,26)/t21-,22-/m1/s1. The Kier molecular flexibility index (Phi) is 9.15. The summed E-state index contributed by atoms with van der Waals surface area (Å²) in [5.41, 5.74) is 2.29. The van der Waals surface area contributed by atoms with Crippen molar-refractivity contribution in [3.05, 3.63) is 0 Å². The molecule has 6 nitrogen and oxygen atoms in total. The molecule has 29 heavy (non-hydrogen) atoms. The number of primary amides is 1. The van der Waals surface area contributed by atoms with Crippen LogP contribution in [0.15, 0.2) is 0 Å². The van der Waals surface area contributed by atoms with E-state index < -0.39 is 22.5 Å². The van der Waals surface area contributed by atoms with Crippen molar-refractivity contribution in [3.8, 4) is 0 Å². The summed E-state index contributed by atoms with van der Waals surface area (Å²) in [4.78, 5) is 27.3. The molecule has 1 rings (SSSR count). The van der Waals surface area contributed by atoms with E-state index in [0.717, 1.165) is 25.7 Å². The van der Waals surface area contributed by atoms with Gasteiger partial charge in [0.2, 0.25) is 11.8 Å². The minimum absolute atomic E-state index is 0.0887. The minimum Gasteiger partial charge on any atom is -0.388 e. The topological polar surface area (TPSA) is 104 Å². The number of nitrogens with zero attached hydrogens (tertiary/aromatic N) is 1. The zero-order valence-corrected chi connectivity index (χ0v) is 19.5. The molecule has 0 aromatic rings. The predicted octanol–water partition coefficient (Wildman–Crippen LogP) is 3.24. The number of carbonyl (C=O) groups is 2. The molecule has 0 bridgehead atoms. The van der Waals surface area contributed by atoms with Gasteiger partial charge < -0.3 is 20.8 Å². The van der Waals surface area contributed by atoms with Gasteiger partial charge in [0.15, 0.2) is 0 Å². The number of carbonyl (C=O) groups excluding carboxylic acids is 2. The van der Waals surface area contributed by atoms with Gasteiger partial charge in [-0.05, 0) is 64.2 Å². The van der Waals surface area contributed by atoms with Crippen molar-refractivity contribution in [1.82, 2.24) is 4.90 Å². The van der Waals surface area contributed by atoms with E-state index in [2.05, 4.69) is 27.7 Å². The maximum atomic E-state index is 13.5. The number of nitrogens with two attached hydrogens (primary N) is 1. The number of rotatable bonds is 12. The quantitative estimate of drug-likeness (QED) is 0.428. The molecule has 0 aromatic heterocycles. The monoisotopic (exact) mass is 412 g/mol.